The molecule has 0 spiro atoms. The van der Waals surface area contributed by atoms with Gasteiger partial charge in [0.15, 0.2) is 5.60 Å². The van der Waals surface area contributed by atoms with Crippen molar-refractivity contribution >= 4 is 11.9 Å². The second-order valence-electron chi connectivity index (χ2n) is 7.42. The van der Waals surface area contributed by atoms with E-state index in [1.807, 2.05) is 55.4 Å². The van der Waals surface area contributed by atoms with Crippen LogP contribution in [0.3, 0.4) is 0 Å². The summed E-state index contributed by atoms with van der Waals surface area (Å²) in [6, 6.07) is 15.0. The van der Waals surface area contributed by atoms with Crippen molar-refractivity contribution in [2.75, 3.05) is 27.7 Å². The Morgan fingerprint density at radius 3 is 2.54 bits per heavy atom. The van der Waals surface area contributed by atoms with Crippen LogP contribution in [-0.2, 0) is 16.0 Å². The van der Waals surface area contributed by atoms with Crippen molar-refractivity contribution in [1.82, 2.24) is 10.2 Å². The summed E-state index contributed by atoms with van der Waals surface area (Å²) in [7, 11) is 5.54. The fraction of sp³-hybridized carbons (Fsp3) is 0.364. The molecule has 0 fully saturated rings. The third kappa shape index (κ3) is 4.02. The van der Waals surface area contributed by atoms with Gasteiger partial charge in [0, 0.05) is 13.0 Å². The lowest BCUT2D eigenvalue weighted by Crippen LogP contribution is -2.52. The molecule has 6 nitrogen and oxygen atoms in total. The van der Waals surface area contributed by atoms with E-state index in [9.17, 15) is 9.59 Å². The number of benzene rings is 2. The monoisotopic (exact) mass is 382 g/mol. The molecule has 0 radical (unpaired) electrons. The molecule has 1 heterocycles. The quantitative estimate of drug-likeness (QED) is 0.778. The van der Waals surface area contributed by atoms with Crippen LogP contribution in [0.2, 0.25) is 0 Å². The number of ether oxygens (including phenoxy) is 2. The smallest absolute Gasteiger partial charge is 0.339 e. The van der Waals surface area contributed by atoms with E-state index in [0.717, 1.165) is 16.9 Å². The van der Waals surface area contributed by atoms with Gasteiger partial charge in [0.2, 0.25) is 0 Å². The molecule has 148 valence electrons. The van der Waals surface area contributed by atoms with Crippen molar-refractivity contribution in [3.8, 4) is 5.75 Å². The van der Waals surface area contributed by atoms with Gasteiger partial charge in [-0.3, -0.25) is 4.79 Å². The van der Waals surface area contributed by atoms with E-state index in [-0.39, 0.29) is 11.9 Å². The predicted octanol–water partition coefficient (Wildman–Crippen LogP) is 2.59. The highest BCUT2D eigenvalue weighted by Gasteiger charge is 2.42. The Kier molecular flexibility index (Phi) is 5.70. The predicted molar refractivity (Wildman–Crippen MR) is 106 cm³/mol. The van der Waals surface area contributed by atoms with Gasteiger partial charge in [-0.15, -0.1) is 0 Å². The third-order valence-corrected chi connectivity index (χ3v) is 5.14. The molecule has 1 aliphatic heterocycles. The minimum absolute atomic E-state index is 0.0231. The van der Waals surface area contributed by atoms with E-state index in [1.165, 1.54) is 0 Å². The maximum absolute atomic E-state index is 12.9. The first-order valence-corrected chi connectivity index (χ1v) is 9.24. The molecule has 2 aromatic rings. The number of nitrogens with zero attached hydrogens (tertiary/aromatic N) is 1. The number of hydrogen-bond acceptors (Lipinski definition) is 5. The zero-order valence-corrected chi connectivity index (χ0v) is 16.7. The second-order valence-corrected chi connectivity index (χ2v) is 7.42. The molecular weight excluding hydrogens is 356 g/mol. The Labute approximate surface area is 165 Å². The van der Waals surface area contributed by atoms with Crippen molar-refractivity contribution in [2.45, 2.75) is 25.0 Å². The number of cyclic esters (lactones) is 1. The summed E-state index contributed by atoms with van der Waals surface area (Å²) in [5, 5.41) is 2.96. The lowest BCUT2D eigenvalue weighted by Gasteiger charge is -2.34. The minimum atomic E-state index is -1.22. The first kappa shape index (κ1) is 19.9. The standard InChI is InChI=1S/C22H26N2O4/c1-22(13-16-7-5-6-8-18(16)20(25)28-22)21(26)23-14-19(24(2)3)15-9-11-17(27-4)12-10-15/h5-12,19H,13-14H2,1-4H3,(H,23,26). The summed E-state index contributed by atoms with van der Waals surface area (Å²) in [6.45, 7) is 2.06. The molecule has 1 aliphatic rings. The highest BCUT2D eigenvalue weighted by molar-refractivity contribution is 5.97. The first-order valence-electron chi connectivity index (χ1n) is 9.24. The van der Waals surface area contributed by atoms with E-state index in [4.69, 9.17) is 9.47 Å². The molecule has 0 aromatic heterocycles. The summed E-state index contributed by atoms with van der Waals surface area (Å²) in [6.07, 6.45) is 0.357. The van der Waals surface area contributed by atoms with Gasteiger partial charge in [-0.05, 0) is 50.3 Å². The number of nitrogens with one attached hydrogen (secondary N) is 1. The van der Waals surface area contributed by atoms with E-state index in [1.54, 1.807) is 26.2 Å². The zero-order valence-electron chi connectivity index (χ0n) is 16.7. The van der Waals surface area contributed by atoms with Gasteiger partial charge in [-0.2, -0.15) is 0 Å². The molecule has 1 N–H and O–H groups in total. The molecule has 28 heavy (non-hydrogen) atoms. The van der Waals surface area contributed by atoms with Crippen LogP contribution in [0.1, 0.15) is 34.5 Å². The van der Waals surface area contributed by atoms with E-state index in [0.29, 0.717) is 18.5 Å². The van der Waals surface area contributed by atoms with Gasteiger partial charge in [-0.1, -0.05) is 30.3 Å². The van der Waals surface area contributed by atoms with Crippen molar-refractivity contribution in [2.24, 2.45) is 0 Å². The average Bonchev–Trinajstić information content (AvgIpc) is 2.68. The molecule has 0 saturated carbocycles. The molecule has 2 unspecified atom stereocenters. The molecule has 0 saturated heterocycles. The number of hydrogen-bond donors (Lipinski definition) is 1. The van der Waals surface area contributed by atoms with Crippen molar-refractivity contribution in [1.29, 1.82) is 0 Å². The van der Waals surface area contributed by atoms with Crippen LogP contribution in [0.5, 0.6) is 5.75 Å². The van der Waals surface area contributed by atoms with Crippen LogP contribution in [0.15, 0.2) is 48.5 Å². The summed E-state index contributed by atoms with van der Waals surface area (Å²) in [5.41, 5.74) is 1.19. The Morgan fingerprint density at radius 1 is 1.21 bits per heavy atom. The van der Waals surface area contributed by atoms with E-state index < -0.39 is 11.6 Å². The molecule has 6 heteroatoms. The average molecular weight is 382 g/mol. The van der Waals surface area contributed by atoms with Crippen LogP contribution in [0.4, 0.5) is 0 Å². The fourth-order valence-electron chi connectivity index (χ4n) is 3.46. The third-order valence-electron chi connectivity index (χ3n) is 5.14. The zero-order chi connectivity index (χ0) is 20.3. The molecule has 2 atom stereocenters. The number of carbonyl (C=O) groups excluding carboxylic acids is 2. The number of fused-ring (bicyclic) bond motifs is 1. The molecule has 1 amide bonds. The summed E-state index contributed by atoms with van der Waals surface area (Å²) >= 11 is 0. The Bertz CT molecular complexity index is 863. The number of esters is 1. The number of likely N-dealkylation sites (N-methyl/N-ethyl adjacent to an activating group) is 1. The molecule has 2 aromatic carbocycles. The van der Waals surface area contributed by atoms with Crippen molar-refractivity contribution in [3.05, 3.63) is 65.2 Å². The van der Waals surface area contributed by atoms with Crippen molar-refractivity contribution < 1.29 is 19.1 Å². The largest absolute Gasteiger partial charge is 0.497 e. The molecular formula is C22H26N2O4. The van der Waals surface area contributed by atoms with Gasteiger partial charge in [-0.25, -0.2) is 4.79 Å². The van der Waals surface area contributed by atoms with E-state index in [2.05, 4.69) is 5.32 Å². The SMILES string of the molecule is COc1ccc(C(CNC(=O)C2(C)Cc3ccccc3C(=O)O2)N(C)C)cc1. The Hall–Kier alpha value is -2.86. The highest BCUT2D eigenvalue weighted by Crippen LogP contribution is 2.28. The first-order chi connectivity index (χ1) is 13.3. The lowest BCUT2D eigenvalue weighted by atomic mass is 9.89. The number of carbonyl (C=O) groups is 2. The van der Waals surface area contributed by atoms with Crippen molar-refractivity contribution in [3.63, 3.8) is 0 Å². The van der Waals surface area contributed by atoms with Gasteiger partial charge in [0.05, 0.1) is 18.7 Å². The van der Waals surface area contributed by atoms with Gasteiger partial charge in [0.25, 0.3) is 5.91 Å². The molecule has 0 bridgehead atoms. The van der Waals surface area contributed by atoms with Crippen LogP contribution in [0.25, 0.3) is 0 Å². The van der Waals surface area contributed by atoms with Gasteiger partial charge < -0.3 is 19.7 Å². The second kappa shape index (κ2) is 8.02. The van der Waals surface area contributed by atoms with Crippen LogP contribution in [-0.4, -0.2) is 50.1 Å². The number of amides is 1. The maximum Gasteiger partial charge on any atom is 0.339 e. The number of methoxy groups -OCH3 is 1. The van der Waals surface area contributed by atoms with Gasteiger partial charge in [0.1, 0.15) is 5.75 Å². The van der Waals surface area contributed by atoms with Crippen LogP contribution >= 0.6 is 0 Å². The van der Waals surface area contributed by atoms with Gasteiger partial charge >= 0.3 is 5.97 Å². The normalized spacial score (nSPS) is 19.5. The molecule has 3 rings (SSSR count). The summed E-state index contributed by atoms with van der Waals surface area (Å²) < 4.78 is 10.7. The fourth-order valence-corrected chi connectivity index (χ4v) is 3.46. The summed E-state index contributed by atoms with van der Waals surface area (Å²) in [5.74, 6) is 0.0279. The van der Waals surface area contributed by atoms with Crippen LogP contribution < -0.4 is 10.1 Å². The summed E-state index contributed by atoms with van der Waals surface area (Å²) in [4.78, 5) is 27.3. The lowest BCUT2D eigenvalue weighted by molar-refractivity contribution is -0.140. The Morgan fingerprint density at radius 2 is 1.89 bits per heavy atom. The maximum atomic E-state index is 12.9. The van der Waals surface area contributed by atoms with E-state index >= 15 is 0 Å². The number of rotatable bonds is 6. The Balaban J connectivity index is 1.71. The minimum Gasteiger partial charge on any atom is -0.497 e. The molecule has 0 aliphatic carbocycles. The van der Waals surface area contributed by atoms with Crippen LogP contribution in [0, 0.1) is 0 Å². The topological polar surface area (TPSA) is 67.9 Å². The highest BCUT2D eigenvalue weighted by atomic mass is 16.6.